The molecule has 0 radical (unpaired) electrons. The highest BCUT2D eigenvalue weighted by Gasteiger charge is 2.37. The summed E-state index contributed by atoms with van der Waals surface area (Å²) in [5.41, 5.74) is 0. The zero-order valence-corrected chi connectivity index (χ0v) is 14.1. The lowest BCUT2D eigenvalue weighted by Crippen LogP contribution is -2.55. The second kappa shape index (κ2) is 7.87. The van der Waals surface area contributed by atoms with Crippen LogP contribution in [0.5, 0.6) is 0 Å². The Labute approximate surface area is 129 Å². The molecule has 0 aromatic heterocycles. The van der Waals surface area contributed by atoms with E-state index in [1.165, 1.54) is 0 Å². The molecule has 2 heterocycles. The summed E-state index contributed by atoms with van der Waals surface area (Å²) in [7, 11) is -1.64. The Morgan fingerprint density at radius 2 is 1.95 bits per heavy atom. The molecule has 2 fully saturated rings. The first-order valence-corrected chi connectivity index (χ1v) is 9.50. The number of hydrogen-bond donors (Lipinski definition) is 1. The van der Waals surface area contributed by atoms with Crippen LogP contribution >= 0.6 is 0 Å². The lowest BCUT2D eigenvalue weighted by Gasteiger charge is -2.40. The predicted molar refractivity (Wildman–Crippen MR) is 83.4 cm³/mol. The fraction of sp³-hybridized carbons (Fsp3) is 1.00. The smallest absolute Gasteiger partial charge is 0.282 e. The Morgan fingerprint density at radius 1 is 1.24 bits per heavy atom. The topological polar surface area (TPSA) is 61.9 Å². The summed E-state index contributed by atoms with van der Waals surface area (Å²) in [6, 6.07) is 0.163. The molecule has 6 nitrogen and oxygen atoms in total. The Hall–Kier alpha value is -0.210. The zero-order valence-electron chi connectivity index (χ0n) is 13.3. The third-order valence-electron chi connectivity index (χ3n) is 4.57. The van der Waals surface area contributed by atoms with Crippen LogP contribution in [0.1, 0.15) is 39.0 Å². The number of piperidine rings is 1. The maximum Gasteiger partial charge on any atom is 0.282 e. The molecule has 0 aromatic carbocycles. The molecule has 2 rings (SSSR count). The van der Waals surface area contributed by atoms with Gasteiger partial charge in [-0.25, -0.2) is 0 Å². The van der Waals surface area contributed by atoms with Crippen LogP contribution in [0.15, 0.2) is 0 Å². The van der Waals surface area contributed by atoms with Gasteiger partial charge in [0.2, 0.25) is 0 Å². The zero-order chi connectivity index (χ0) is 15.3. The second-order valence-electron chi connectivity index (χ2n) is 5.94. The number of rotatable bonds is 6. The van der Waals surface area contributed by atoms with Crippen molar-refractivity contribution in [3.63, 3.8) is 0 Å². The number of nitrogens with one attached hydrogen (secondary N) is 1. The molecule has 124 valence electrons. The summed E-state index contributed by atoms with van der Waals surface area (Å²) in [5.74, 6) is 0. The maximum absolute atomic E-state index is 12.9. The van der Waals surface area contributed by atoms with Crippen LogP contribution in [0.3, 0.4) is 0 Å². The standard InChI is InChI=1S/C14H29N3O3S/c1-3-15-12-14-6-4-5-9-17(14)21(18,19)16(2)13-7-10-20-11-8-13/h13-15H,3-12H2,1-2H3. The first-order chi connectivity index (χ1) is 10.1. The van der Waals surface area contributed by atoms with Gasteiger partial charge in [0.1, 0.15) is 0 Å². The van der Waals surface area contributed by atoms with E-state index in [-0.39, 0.29) is 12.1 Å². The Kier molecular flexibility index (Phi) is 6.43. The van der Waals surface area contributed by atoms with E-state index in [4.69, 9.17) is 4.74 Å². The molecule has 0 aromatic rings. The number of likely N-dealkylation sites (N-methyl/N-ethyl adjacent to an activating group) is 1. The number of hydrogen-bond acceptors (Lipinski definition) is 4. The fourth-order valence-electron chi connectivity index (χ4n) is 3.20. The van der Waals surface area contributed by atoms with Crippen LogP contribution in [0, 0.1) is 0 Å². The Bertz CT molecular complexity index is 410. The van der Waals surface area contributed by atoms with Gasteiger partial charge in [-0.05, 0) is 32.2 Å². The molecule has 1 N–H and O–H groups in total. The van der Waals surface area contributed by atoms with E-state index in [1.54, 1.807) is 15.7 Å². The first kappa shape index (κ1) is 17.1. The predicted octanol–water partition coefficient (Wildman–Crippen LogP) is 0.806. The normalized spacial score (nSPS) is 26.3. The summed E-state index contributed by atoms with van der Waals surface area (Å²) in [6.07, 6.45) is 4.61. The van der Waals surface area contributed by atoms with E-state index >= 15 is 0 Å². The SMILES string of the molecule is CCNCC1CCCCN1S(=O)(=O)N(C)C1CCOCC1. The van der Waals surface area contributed by atoms with Crippen LogP contribution in [-0.4, -0.2) is 69.0 Å². The molecule has 2 saturated heterocycles. The van der Waals surface area contributed by atoms with Crippen molar-refractivity contribution in [1.82, 2.24) is 13.9 Å². The highest BCUT2D eigenvalue weighted by atomic mass is 32.2. The van der Waals surface area contributed by atoms with E-state index in [0.717, 1.165) is 45.2 Å². The van der Waals surface area contributed by atoms with Crippen molar-refractivity contribution in [2.75, 3.05) is 39.9 Å². The van der Waals surface area contributed by atoms with Crippen molar-refractivity contribution >= 4 is 10.2 Å². The fourth-order valence-corrected chi connectivity index (χ4v) is 5.03. The lowest BCUT2D eigenvalue weighted by atomic mass is 10.1. The quantitative estimate of drug-likeness (QED) is 0.787. The van der Waals surface area contributed by atoms with Crippen molar-refractivity contribution in [3.05, 3.63) is 0 Å². The summed E-state index contributed by atoms with van der Waals surface area (Å²) in [5, 5.41) is 3.29. The van der Waals surface area contributed by atoms with Crippen LogP contribution < -0.4 is 5.32 Å². The van der Waals surface area contributed by atoms with E-state index < -0.39 is 10.2 Å². The molecule has 0 spiro atoms. The van der Waals surface area contributed by atoms with Crippen molar-refractivity contribution in [3.8, 4) is 0 Å². The van der Waals surface area contributed by atoms with Gasteiger partial charge in [0.15, 0.2) is 0 Å². The third-order valence-corrected chi connectivity index (χ3v) is 6.67. The van der Waals surface area contributed by atoms with Gasteiger partial charge in [-0.2, -0.15) is 17.0 Å². The monoisotopic (exact) mass is 319 g/mol. The van der Waals surface area contributed by atoms with Crippen molar-refractivity contribution in [2.45, 2.75) is 51.1 Å². The minimum atomic E-state index is -3.37. The molecule has 7 heteroatoms. The first-order valence-electron chi connectivity index (χ1n) is 8.10. The average molecular weight is 319 g/mol. The van der Waals surface area contributed by atoms with Gasteiger partial charge >= 0.3 is 0 Å². The second-order valence-corrected chi connectivity index (χ2v) is 7.88. The van der Waals surface area contributed by atoms with E-state index in [9.17, 15) is 8.42 Å². The average Bonchev–Trinajstić information content (AvgIpc) is 2.53. The van der Waals surface area contributed by atoms with Crippen molar-refractivity contribution in [2.24, 2.45) is 0 Å². The van der Waals surface area contributed by atoms with Crippen LogP contribution in [0.4, 0.5) is 0 Å². The number of nitrogens with zero attached hydrogens (tertiary/aromatic N) is 2. The summed E-state index contributed by atoms with van der Waals surface area (Å²) < 4.78 is 34.5. The molecular formula is C14H29N3O3S. The molecule has 0 bridgehead atoms. The molecular weight excluding hydrogens is 290 g/mol. The third kappa shape index (κ3) is 4.16. The highest BCUT2D eigenvalue weighted by Crippen LogP contribution is 2.25. The molecule has 2 aliphatic heterocycles. The van der Waals surface area contributed by atoms with Gasteiger partial charge in [0.25, 0.3) is 10.2 Å². The van der Waals surface area contributed by atoms with Crippen LogP contribution in [0.2, 0.25) is 0 Å². The molecule has 0 amide bonds. The molecule has 0 aliphatic carbocycles. The molecule has 1 unspecified atom stereocenters. The van der Waals surface area contributed by atoms with E-state index in [2.05, 4.69) is 12.2 Å². The lowest BCUT2D eigenvalue weighted by molar-refractivity contribution is 0.0608. The van der Waals surface area contributed by atoms with Gasteiger partial charge in [0, 0.05) is 45.4 Å². The van der Waals surface area contributed by atoms with E-state index in [0.29, 0.717) is 19.8 Å². The maximum atomic E-state index is 12.9. The van der Waals surface area contributed by atoms with Gasteiger partial charge in [-0.15, -0.1) is 0 Å². The highest BCUT2D eigenvalue weighted by molar-refractivity contribution is 7.86. The Morgan fingerprint density at radius 3 is 2.62 bits per heavy atom. The minimum Gasteiger partial charge on any atom is -0.381 e. The van der Waals surface area contributed by atoms with E-state index in [1.807, 2.05) is 0 Å². The molecule has 0 saturated carbocycles. The van der Waals surface area contributed by atoms with Crippen LogP contribution in [-0.2, 0) is 14.9 Å². The Balaban J connectivity index is 2.07. The van der Waals surface area contributed by atoms with Crippen molar-refractivity contribution in [1.29, 1.82) is 0 Å². The molecule has 2 aliphatic rings. The largest absolute Gasteiger partial charge is 0.381 e. The summed E-state index contributed by atoms with van der Waals surface area (Å²) in [4.78, 5) is 0. The summed E-state index contributed by atoms with van der Waals surface area (Å²) in [6.45, 7) is 5.63. The summed E-state index contributed by atoms with van der Waals surface area (Å²) >= 11 is 0. The van der Waals surface area contributed by atoms with Crippen molar-refractivity contribution < 1.29 is 13.2 Å². The van der Waals surface area contributed by atoms with Gasteiger partial charge in [0.05, 0.1) is 0 Å². The van der Waals surface area contributed by atoms with Gasteiger partial charge in [-0.3, -0.25) is 0 Å². The molecule has 21 heavy (non-hydrogen) atoms. The van der Waals surface area contributed by atoms with Gasteiger partial charge < -0.3 is 10.1 Å². The van der Waals surface area contributed by atoms with Crippen LogP contribution in [0.25, 0.3) is 0 Å². The minimum absolute atomic E-state index is 0.0745. The molecule has 1 atom stereocenters. The van der Waals surface area contributed by atoms with Gasteiger partial charge in [-0.1, -0.05) is 13.3 Å². The number of ether oxygens (including phenoxy) is 1.